The zero-order valence-corrected chi connectivity index (χ0v) is 27.0. The van der Waals surface area contributed by atoms with Crippen molar-refractivity contribution in [3.63, 3.8) is 0 Å². The minimum Gasteiger partial charge on any atom is -0.463 e. The smallest absolute Gasteiger partial charge is 0.303 e. The van der Waals surface area contributed by atoms with E-state index < -0.39 is 122 Å². The Bertz CT molecular complexity index is 1210. The van der Waals surface area contributed by atoms with E-state index in [-0.39, 0.29) is 0 Å². The van der Waals surface area contributed by atoms with Gasteiger partial charge in [-0.2, -0.15) is 0 Å². The molecule has 2 rings (SSSR count). The summed E-state index contributed by atoms with van der Waals surface area (Å²) in [5.41, 5.74) is 0. The predicted molar refractivity (Wildman–Crippen MR) is 145 cm³/mol. The average molecular weight is 679 g/mol. The maximum atomic E-state index is 12.3. The highest BCUT2D eigenvalue weighted by Gasteiger charge is 2.65. The van der Waals surface area contributed by atoms with Gasteiger partial charge in [-0.1, -0.05) is 0 Å². The van der Waals surface area contributed by atoms with E-state index in [1.165, 1.54) is 0 Å². The molecule has 264 valence electrons. The Hall–Kier alpha value is -4.36. The Morgan fingerprint density at radius 3 is 1.38 bits per heavy atom. The van der Waals surface area contributed by atoms with Gasteiger partial charge in [-0.15, -0.1) is 0 Å². The van der Waals surface area contributed by atoms with Crippen LogP contribution in [0.25, 0.3) is 0 Å². The first-order valence-electron chi connectivity index (χ1n) is 14.1. The van der Waals surface area contributed by atoms with Crippen molar-refractivity contribution in [2.45, 2.75) is 110 Å². The molecule has 0 N–H and O–H groups in total. The summed E-state index contributed by atoms with van der Waals surface area (Å²) < 4.78 is 60.5. The summed E-state index contributed by atoms with van der Waals surface area (Å²) in [6.45, 7) is 6.12. The lowest BCUT2D eigenvalue weighted by atomic mass is 9.97. The minimum absolute atomic E-state index is 0.588. The first-order chi connectivity index (χ1) is 21.8. The molecule has 2 fully saturated rings. The van der Waals surface area contributed by atoms with Crippen LogP contribution in [0.1, 0.15) is 55.4 Å². The fourth-order valence-electron chi connectivity index (χ4n) is 4.76. The summed E-state index contributed by atoms with van der Waals surface area (Å²) >= 11 is 0. The number of hydrogen-bond acceptors (Lipinski definition) is 19. The second-order valence-electron chi connectivity index (χ2n) is 10.3. The van der Waals surface area contributed by atoms with E-state index in [1.54, 1.807) is 0 Å². The molecule has 2 saturated heterocycles. The Balaban J connectivity index is 2.78. The lowest BCUT2D eigenvalue weighted by Gasteiger charge is -2.46. The molecule has 0 aromatic carbocycles. The van der Waals surface area contributed by atoms with Gasteiger partial charge < -0.3 is 52.1 Å². The molecule has 0 saturated carbocycles. The molecular formula is C28H38O19. The van der Waals surface area contributed by atoms with Crippen LogP contribution in [0.4, 0.5) is 0 Å². The van der Waals surface area contributed by atoms with Crippen molar-refractivity contribution in [3.05, 3.63) is 0 Å². The van der Waals surface area contributed by atoms with Crippen LogP contribution in [0.2, 0.25) is 0 Å². The topological polar surface area (TPSA) is 238 Å². The normalized spacial score (nSPS) is 29.8. The number of carbonyl (C=O) groups is 8. The molecule has 2 heterocycles. The van der Waals surface area contributed by atoms with Crippen molar-refractivity contribution in [1.29, 1.82) is 0 Å². The largest absolute Gasteiger partial charge is 0.463 e. The summed E-state index contributed by atoms with van der Waals surface area (Å²) in [6, 6.07) is 0. The summed E-state index contributed by atoms with van der Waals surface area (Å²) in [5.74, 6) is -9.54. The highest BCUT2D eigenvalue weighted by atomic mass is 16.8. The number of esters is 8. The van der Waals surface area contributed by atoms with Crippen molar-refractivity contribution >= 4 is 47.8 Å². The number of hydrogen-bond donors (Lipinski definition) is 0. The van der Waals surface area contributed by atoms with Crippen molar-refractivity contribution in [2.24, 2.45) is 0 Å². The van der Waals surface area contributed by atoms with Gasteiger partial charge in [-0.3, -0.25) is 38.4 Å². The maximum absolute atomic E-state index is 12.3. The molecule has 0 aliphatic carbocycles. The van der Waals surface area contributed by atoms with E-state index in [4.69, 9.17) is 52.1 Å². The summed E-state index contributed by atoms with van der Waals surface area (Å²) in [4.78, 5) is 96.4. The number of carbonyl (C=O) groups excluding carboxylic acids is 8. The van der Waals surface area contributed by atoms with Gasteiger partial charge in [-0.05, 0) is 0 Å². The van der Waals surface area contributed by atoms with E-state index in [9.17, 15) is 38.4 Å². The second kappa shape index (κ2) is 17.0. The van der Waals surface area contributed by atoms with E-state index in [0.717, 1.165) is 55.4 Å². The third-order valence-corrected chi connectivity index (χ3v) is 6.24. The van der Waals surface area contributed by atoms with Crippen LogP contribution in [0.5, 0.6) is 0 Å². The highest BCUT2D eigenvalue weighted by Crippen LogP contribution is 2.41. The molecule has 0 radical (unpaired) electrons. The van der Waals surface area contributed by atoms with Crippen molar-refractivity contribution in [1.82, 2.24) is 0 Å². The zero-order chi connectivity index (χ0) is 35.6. The third kappa shape index (κ3) is 11.4. The van der Waals surface area contributed by atoms with Gasteiger partial charge in [0.25, 0.3) is 0 Å². The van der Waals surface area contributed by atoms with Gasteiger partial charge in [-0.25, -0.2) is 0 Å². The molecule has 9 atom stereocenters. The zero-order valence-electron chi connectivity index (χ0n) is 27.0. The molecule has 0 amide bonds. The summed E-state index contributed by atoms with van der Waals surface area (Å²) in [5, 5.41) is 0. The van der Waals surface area contributed by atoms with Crippen molar-refractivity contribution in [2.75, 3.05) is 19.8 Å². The molecule has 2 aliphatic heterocycles. The second-order valence-corrected chi connectivity index (χ2v) is 10.3. The maximum Gasteiger partial charge on any atom is 0.303 e. The van der Waals surface area contributed by atoms with E-state index in [1.807, 2.05) is 0 Å². The van der Waals surface area contributed by atoms with Crippen LogP contribution in [0.15, 0.2) is 0 Å². The predicted octanol–water partition coefficient (Wildman–Crippen LogP) is -0.829. The Labute approximate surface area is 268 Å². The van der Waals surface area contributed by atoms with Crippen LogP contribution < -0.4 is 0 Å². The van der Waals surface area contributed by atoms with Gasteiger partial charge >= 0.3 is 47.8 Å². The molecule has 2 aliphatic rings. The highest BCUT2D eigenvalue weighted by molar-refractivity contribution is 5.69. The standard InChI is InChI=1S/C28H38O19/c1-12(29)37-9-20-22(40-15(4)32)24(42-17(6)34)25(43-18(7)35)27(45-20)47-28(11-39-14(3)31)26(44-19(8)36)23(41-16(5)33)21(46-28)10-38-13(2)30/h20-27H,9-11H2,1-8H3/t20?,21-,22-,23+,24+,25?,26+,27-,28+/m1/s1. The lowest BCUT2D eigenvalue weighted by Crippen LogP contribution is -2.65. The molecule has 47 heavy (non-hydrogen) atoms. The molecular weight excluding hydrogens is 640 g/mol. The first-order valence-corrected chi connectivity index (χ1v) is 14.1. The third-order valence-electron chi connectivity index (χ3n) is 6.24. The Morgan fingerprint density at radius 1 is 0.489 bits per heavy atom. The molecule has 0 aromatic heterocycles. The van der Waals surface area contributed by atoms with Crippen LogP contribution in [-0.4, -0.2) is 122 Å². The van der Waals surface area contributed by atoms with Crippen molar-refractivity contribution < 1.29 is 90.5 Å². The molecule has 0 bridgehead atoms. The Kier molecular flexibility index (Phi) is 14.0. The quantitative estimate of drug-likeness (QED) is 0.171. The fraction of sp³-hybridized carbons (Fsp3) is 0.714. The van der Waals surface area contributed by atoms with Crippen molar-refractivity contribution in [3.8, 4) is 0 Å². The number of rotatable bonds is 13. The Morgan fingerprint density at radius 2 is 0.915 bits per heavy atom. The summed E-state index contributed by atoms with van der Waals surface area (Å²) in [7, 11) is 0. The van der Waals surface area contributed by atoms with Crippen LogP contribution >= 0.6 is 0 Å². The van der Waals surface area contributed by atoms with Gasteiger partial charge in [0.1, 0.15) is 32.0 Å². The monoisotopic (exact) mass is 678 g/mol. The van der Waals surface area contributed by atoms with E-state index in [2.05, 4.69) is 0 Å². The molecule has 0 spiro atoms. The van der Waals surface area contributed by atoms with E-state index >= 15 is 0 Å². The van der Waals surface area contributed by atoms with Gasteiger partial charge in [0.05, 0.1) is 0 Å². The lowest BCUT2D eigenvalue weighted by molar-refractivity contribution is -0.384. The molecule has 19 nitrogen and oxygen atoms in total. The SMILES string of the molecule is CC(=O)OCC1O[C@H](O[C@]2(COC(C)=O)O[C@H](COC(C)=O)[C@H](OC(C)=O)[C@@H]2OC(C)=O)C(OC(C)=O)[C@@H](OC(C)=O)[C@@H]1OC(C)=O. The van der Waals surface area contributed by atoms with Crippen LogP contribution in [0, 0.1) is 0 Å². The fourth-order valence-corrected chi connectivity index (χ4v) is 4.76. The van der Waals surface area contributed by atoms with Gasteiger partial charge in [0, 0.05) is 55.4 Å². The van der Waals surface area contributed by atoms with Crippen LogP contribution in [0.3, 0.4) is 0 Å². The molecule has 19 heteroatoms. The first kappa shape index (κ1) is 38.8. The summed E-state index contributed by atoms with van der Waals surface area (Å²) in [6.07, 6.45) is -13.2. The van der Waals surface area contributed by atoms with Gasteiger partial charge in [0.15, 0.2) is 30.5 Å². The minimum atomic E-state index is -2.48. The average Bonchev–Trinajstić information content (AvgIpc) is 3.18. The molecule has 0 aromatic rings. The van der Waals surface area contributed by atoms with Crippen LogP contribution in [-0.2, 0) is 90.5 Å². The number of ether oxygens (including phenoxy) is 11. The van der Waals surface area contributed by atoms with E-state index in [0.29, 0.717) is 0 Å². The molecule has 2 unspecified atom stereocenters. The van der Waals surface area contributed by atoms with Gasteiger partial charge in [0.2, 0.25) is 12.1 Å².